The van der Waals surface area contributed by atoms with Gasteiger partial charge < -0.3 is 9.47 Å². The summed E-state index contributed by atoms with van der Waals surface area (Å²) < 4.78 is 10.8. The van der Waals surface area contributed by atoms with Gasteiger partial charge in [-0.3, -0.25) is 9.63 Å². The summed E-state index contributed by atoms with van der Waals surface area (Å²) in [6.07, 6.45) is 0.852. The Morgan fingerprint density at radius 3 is 2.70 bits per heavy atom. The van der Waals surface area contributed by atoms with E-state index in [2.05, 4.69) is 0 Å². The van der Waals surface area contributed by atoms with Gasteiger partial charge in [0.2, 0.25) is 5.91 Å². The number of benzene rings is 1. The summed E-state index contributed by atoms with van der Waals surface area (Å²) in [5, 5.41) is 1.29. The van der Waals surface area contributed by atoms with Crippen LogP contribution < -0.4 is 9.47 Å². The molecule has 5 heteroatoms. The fraction of sp³-hybridized carbons (Fsp3) is 0.533. The van der Waals surface area contributed by atoms with Crippen LogP contribution in [0.3, 0.4) is 0 Å². The van der Waals surface area contributed by atoms with Crippen molar-refractivity contribution >= 4 is 5.91 Å². The molecule has 20 heavy (non-hydrogen) atoms. The Hall–Kier alpha value is -1.75. The molecule has 1 aliphatic rings. The second-order valence-electron chi connectivity index (χ2n) is 4.81. The maximum atomic E-state index is 12.0. The summed E-state index contributed by atoms with van der Waals surface area (Å²) in [6, 6.07) is 5.85. The topological polar surface area (TPSA) is 48.0 Å². The van der Waals surface area contributed by atoms with Gasteiger partial charge in [0.1, 0.15) is 0 Å². The van der Waals surface area contributed by atoms with Gasteiger partial charge in [0.15, 0.2) is 11.5 Å². The van der Waals surface area contributed by atoms with Gasteiger partial charge in [0.05, 0.1) is 20.8 Å². The van der Waals surface area contributed by atoms with Crippen LogP contribution in [-0.4, -0.2) is 38.8 Å². The molecule has 0 saturated heterocycles. The number of hydrogen-bond donors (Lipinski definition) is 0. The van der Waals surface area contributed by atoms with Gasteiger partial charge in [0, 0.05) is 13.0 Å². The summed E-state index contributed by atoms with van der Waals surface area (Å²) in [5.74, 6) is 1.71. The highest BCUT2D eigenvalue weighted by Gasteiger charge is 2.45. The first kappa shape index (κ1) is 14.7. The van der Waals surface area contributed by atoms with Crippen molar-refractivity contribution in [3.8, 4) is 11.5 Å². The summed E-state index contributed by atoms with van der Waals surface area (Å²) in [4.78, 5) is 16.9. The molecule has 5 nitrogen and oxygen atoms in total. The third-order valence-corrected chi connectivity index (χ3v) is 3.61. The molecule has 1 amide bonds. The molecule has 0 aliphatic heterocycles. The summed E-state index contributed by atoms with van der Waals surface area (Å²) in [5.41, 5.74) is 1.11. The van der Waals surface area contributed by atoms with E-state index in [4.69, 9.17) is 14.3 Å². The van der Waals surface area contributed by atoms with Crippen molar-refractivity contribution in [2.45, 2.75) is 19.3 Å². The van der Waals surface area contributed by atoms with Gasteiger partial charge in [-0.2, -0.15) is 0 Å². The van der Waals surface area contributed by atoms with Gasteiger partial charge in [0.25, 0.3) is 0 Å². The highest BCUT2D eigenvalue weighted by atomic mass is 16.7. The SMILES string of the molecule is CCOc1cc(C2CC2C(=O)N(C)OC)ccc1OC. The fourth-order valence-corrected chi connectivity index (χ4v) is 2.35. The monoisotopic (exact) mass is 279 g/mol. The lowest BCUT2D eigenvalue weighted by Crippen LogP contribution is -2.27. The van der Waals surface area contributed by atoms with E-state index < -0.39 is 0 Å². The zero-order valence-electron chi connectivity index (χ0n) is 12.4. The third-order valence-electron chi connectivity index (χ3n) is 3.61. The van der Waals surface area contributed by atoms with E-state index in [1.54, 1.807) is 14.2 Å². The third kappa shape index (κ3) is 2.88. The molecular weight excluding hydrogens is 258 g/mol. The smallest absolute Gasteiger partial charge is 0.249 e. The molecular formula is C15H21NO4. The number of carbonyl (C=O) groups is 1. The number of carbonyl (C=O) groups excluding carboxylic acids is 1. The van der Waals surface area contributed by atoms with E-state index in [-0.39, 0.29) is 17.7 Å². The van der Waals surface area contributed by atoms with Crippen LogP contribution in [0, 0.1) is 5.92 Å². The van der Waals surface area contributed by atoms with E-state index in [1.807, 2.05) is 25.1 Å². The highest BCUT2D eigenvalue weighted by molar-refractivity contribution is 5.82. The number of hydroxylamine groups is 2. The maximum absolute atomic E-state index is 12.0. The molecule has 110 valence electrons. The van der Waals surface area contributed by atoms with Crippen LogP contribution in [-0.2, 0) is 9.63 Å². The number of rotatable bonds is 6. The standard InChI is InChI=1S/C15H21NO4/c1-5-20-14-8-10(6-7-13(14)18-3)11-9-12(11)15(17)16(2)19-4/h6-8,11-12H,5,9H2,1-4H3. The second kappa shape index (κ2) is 6.13. The molecule has 2 unspecified atom stereocenters. The van der Waals surface area contributed by atoms with Crippen molar-refractivity contribution in [1.29, 1.82) is 0 Å². The number of nitrogens with zero attached hydrogens (tertiary/aromatic N) is 1. The minimum Gasteiger partial charge on any atom is -0.493 e. The van der Waals surface area contributed by atoms with Crippen LogP contribution in [0.15, 0.2) is 18.2 Å². The Morgan fingerprint density at radius 2 is 2.10 bits per heavy atom. The van der Waals surface area contributed by atoms with Crippen LogP contribution in [0.5, 0.6) is 11.5 Å². The van der Waals surface area contributed by atoms with Crippen LogP contribution in [0.25, 0.3) is 0 Å². The van der Waals surface area contributed by atoms with Crippen LogP contribution in [0.2, 0.25) is 0 Å². The average Bonchev–Trinajstić information content (AvgIpc) is 3.26. The van der Waals surface area contributed by atoms with Crippen molar-refractivity contribution in [2.75, 3.05) is 27.9 Å². The molecule has 0 heterocycles. The normalized spacial score (nSPS) is 20.4. The highest BCUT2D eigenvalue weighted by Crippen LogP contribution is 2.49. The molecule has 2 atom stereocenters. The molecule has 1 aromatic carbocycles. The Labute approximate surface area is 119 Å². The van der Waals surface area contributed by atoms with E-state index in [0.717, 1.165) is 17.7 Å². The molecule has 0 bridgehead atoms. The van der Waals surface area contributed by atoms with Crippen molar-refractivity contribution in [2.24, 2.45) is 5.92 Å². The zero-order chi connectivity index (χ0) is 14.7. The predicted octanol–water partition coefficient (Wildman–Crippen LogP) is 2.22. The molecule has 1 saturated carbocycles. The van der Waals surface area contributed by atoms with Crippen molar-refractivity contribution in [3.05, 3.63) is 23.8 Å². The molecule has 0 radical (unpaired) electrons. The van der Waals surface area contributed by atoms with Gasteiger partial charge in [-0.1, -0.05) is 6.07 Å². The lowest BCUT2D eigenvalue weighted by molar-refractivity contribution is -0.170. The largest absolute Gasteiger partial charge is 0.493 e. The first-order chi connectivity index (χ1) is 9.62. The molecule has 2 rings (SSSR count). The van der Waals surface area contributed by atoms with Gasteiger partial charge in [-0.05, 0) is 37.0 Å². The lowest BCUT2D eigenvalue weighted by Gasteiger charge is -2.14. The Bertz CT molecular complexity index is 489. The number of amides is 1. The van der Waals surface area contributed by atoms with Crippen molar-refractivity contribution in [3.63, 3.8) is 0 Å². The molecule has 0 N–H and O–H groups in total. The minimum atomic E-state index is 0.00261. The van der Waals surface area contributed by atoms with Crippen LogP contribution >= 0.6 is 0 Å². The van der Waals surface area contributed by atoms with Gasteiger partial charge in [-0.25, -0.2) is 5.06 Å². The second-order valence-corrected chi connectivity index (χ2v) is 4.81. The Kier molecular flexibility index (Phi) is 4.49. The van der Waals surface area contributed by atoms with E-state index in [1.165, 1.54) is 12.2 Å². The fourth-order valence-electron chi connectivity index (χ4n) is 2.35. The van der Waals surface area contributed by atoms with Crippen molar-refractivity contribution < 1.29 is 19.1 Å². The summed E-state index contributed by atoms with van der Waals surface area (Å²) >= 11 is 0. The average molecular weight is 279 g/mol. The molecule has 1 aliphatic carbocycles. The number of ether oxygens (including phenoxy) is 2. The van der Waals surface area contributed by atoms with E-state index >= 15 is 0 Å². The molecule has 1 fully saturated rings. The van der Waals surface area contributed by atoms with E-state index in [0.29, 0.717) is 12.4 Å². The molecule has 0 aromatic heterocycles. The lowest BCUT2D eigenvalue weighted by atomic mass is 10.1. The van der Waals surface area contributed by atoms with Crippen molar-refractivity contribution in [1.82, 2.24) is 5.06 Å². The number of hydrogen-bond acceptors (Lipinski definition) is 4. The Morgan fingerprint density at radius 1 is 1.35 bits per heavy atom. The molecule has 1 aromatic rings. The van der Waals surface area contributed by atoms with Crippen LogP contribution in [0.4, 0.5) is 0 Å². The maximum Gasteiger partial charge on any atom is 0.249 e. The first-order valence-corrected chi connectivity index (χ1v) is 6.74. The first-order valence-electron chi connectivity index (χ1n) is 6.74. The summed E-state index contributed by atoms with van der Waals surface area (Å²) in [7, 11) is 4.75. The van der Waals surface area contributed by atoms with Gasteiger partial charge >= 0.3 is 0 Å². The van der Waals surface area contributed by atoms with Gasteiger partial charge in [-0.15, -0.1) is 0 Å². The summed E-state index contributed by atoms with van der Waals surface area (Å²) in [6.45, 7) is 2.52. The zero-order valence-corrected chi connectivity index (χ0v) is 12.4. The number of methoxy groups -OCH3 is 1. The Balaban J connectivity index is 2.11. The van der Waals surface area contributed by atoms with E-state index in [9.17, 15) is 4.79 Å². The molecule has 0 spiro atoms. The van der Waals surface area contributed by atoms with Crippen LogP contribution in [0.1, 0.15) is 24.8 Å². The quantitative estimate of drug-likeness (QED) is 0.749. The minimum absolute atomic E-state index is 0.00261. The predicted molar refractivity (Wildman–Crippen MR) is 74.8 cm³/mol.